The summed E-state index contributed by atoms with van der Waals surface area (Å²) in [6.07, 6.45) is 6.94. The highest BCUT2D eigenvalue weighted by atomic mass is 16.5. The Balaban J connectivity index is 1.30. The van der Waals surface area contributed by atoms with Crippen molar-refractivity contribution in [3.8, 4) is 28.8 Å². The van der Waals surface area contributed by atoms with Crippen LogP contribution in [-0.4, -0.2) is 83.7 Å². The number of aryl methyl sites for hydroxylation is 1. The number of hydrogen-bond acceptors (Lipinski definition) is 9. The molecule has 4 aromatic rings. The molecule has 1 atom stereocenters. The minimum Gasteiger partial charge on any atom is -0.497 e. The van der Waals surface area contributed by atoms with Gasteiger partial charge in [-0.3, -0.25) is 4.79 Å². The average Bonchev–Trinajstić information content (AvgIpc) is 3.67. The number of esters is 1. The van der Waals surface area contributed by atoms with Gasteiger partial charge in [0.15, 0.2) is 5.82 Å². The number of methoxy groups -OCH3 is 2. The second kappa shape index (κ2) is 18.1. The molecule has 55 heavy (non-hydrogen) atoms. The predicted octanol–water partition coefficient (Wildman–Crippen LogP) is 7.38. The molecule has 0 radical (unpaired) electrons. The highest BCUT2D eigenvalue weighted by Crippen LogP contribution is 2.35. The summed E-state index contributed by atoms with van der Waals surface area (Å²) in [4.78, 5) is 55.2. The number of nitrogens with one attached hydrogen (secondary N) is 1. The van der Waals surface area contributed by atoms with E-state index in [2.05, 4.69) is 11.4 Å². The first-order chi connectivity index (χ1) is 26.8. The molecule has 0 saturated carbocycles. The van der Waals surface area contributed by atoms with Crippen LogP contribution in [0.1, 0.15) is 69.4 Å². The lowest BCUT2D eigenvalue weighted by atomic mass is 9.94. The highest BCUT2D eigenvalue weighted by Gasteiger charge is 2.57. The first-order valence-electron chi connectivity index (χ1n) is 19.2. The predicted molar refractivity (Wildman–Crippen MR) is 210 cm³/mol. The topological polar surface area (TPSA) is 132 Å². The van der Waals surface area contributed by atoms with Gasteiger partial charge >= 0.3 is 12.0 Å². The van der Waals surface area contributed by atoms with Gasteiger partial charge in [0, 0.05) is 43.7 Å². The largest absolute Gasteiger partial charge is 0.497 e. The first kappa shape index (κ1) is 39.1. The number of amides is 3. The van der Waals surface area contributed by atoms with Gasteiger partial charge in [0.05, 0.1) is 31.7 Å². The average molecular weight is 750 g/mol. The number of benzene rings is 3. The molecule has 3 aromatic carbocycles. The molecule has 1 aromatic heterocycles. The number of allylic oxidation sites excluding steroid dienone is 2. The van der Waals surface area contributed by atoms with Crippen LogP contribution in [0.2, 0.25) is 0 Å². The summed E-state index contributed by atoms with van der Waals surface area (Å²) in [5.74, 6) is 2.01. The van der Waals surface area contributed by atoms with E-state index in [0.29, 0.717) is 69.2 Å². The minimum atomic E-state index is -1.74. The SMILES string of the molecule is CCOC(=O)C12CCCN1C(=O)N(Cc1ccc(OC)cc1)CCCCCC(Oc1nc(-c3ccccc3)nc3c(C)c(OC)ccc13)=CCCCNC2=O. The molecule has 1 N–H and O–H groups in total. The van der Waals surface area contributed by atoms with Crippen LogP contribution >= 0.6 is 0 Å². The molecular weight excluding hydrogens is 699 g/mol. The van der Waals surface area contributed by atoms with Crippen molar-refractivity contribution in [3.63, 3.8) is 0 Å². The van der Waals surface area contributed by atoms with E-state index in [1.807, 2.05) is 73.7 Å². The molecule has 0 spiro atoms. The van der Waals surface area contributed by atoms with Gasteiger partial charge in [-0.1, -0.05) is 48.9 Å². The van der Waals surface area contributed by atoms with Gasteiger partial charge in [-0.05, 0) is 88.3 Å². The zero-order valence-corrected chi connectivity index (χ0v) is 32.3. The molecule has 0 bridgehead atoms. The fourth-order valence-corrected chi connectivity index (χ4v) is 7.35. The van der Waals surface area contributed by atoms with Gasteiger partial charge in [0.25, 0.3) is 5.91 Å². The lowest BCUT2D eigenvalue weighted by Crippen LogP contribution is -2.64. The van der Waals surface area contributed by atoms with Crippen LogP contribution in [0.4, 0.5) is 4.79 Å². The molecule has 12 heteroatoms. The van der Waals surface area contributed by atoms with Crippen molar-refractivity contribution in [2.75, 3.05) is 40.5 Å². The van der Waals surface area contributed by atoms with Gasteiger partial charge in [0.1, 0.15) is 17.3 Å². The van der Waals surface area contributed by atoms with Crippen LogP contribution in [-0.2, 0) is 20.9 Å². The monoisotopic (exact) mass is 749 g/mol. The minimum absolute atomic E-state index is 0.0978. The number of nitrogens with zero attached hydrogens (tertiary/aromatic N) is 4. The molecule has 1 fully saturated rings. The van der Waals surface area contributed by atoms with E-state index >= 15 is 0 Å². The molecule has 2 aliphatic rings. The lowest BCUT2D eigenvalue weighted by Gasteiger charge is -2.38. The van der Waals surface area contributed by atoms with Crippen molar-refractivity contribution in [2.24, 2.45) is 0 Å². The zero-order chi connectivity index (χ0) is 38.8. The molecule has 3 heterocycles. The number of carbonyl (C=O) groups excluding carboxylic acids is 3. The Bertz CT molecular complexity index is 2000. The van der Waals surface area contributed by atoms with Gasteiger partial charge < -0.3 is 34.1 Å². The molecule has 3 amide bonds. The molecule has 1 unspecified atom stereocenters. The molecule has 0 aliphatic carbocycles. The fraction of sp³-hybridized carbons (Fsp3) is 0.419. The number of hydrogen-bond donors (Lipinski definition) is 1. The van der Waals surface area contributed by atoms with E-state index < -0.39 is 17.4 Å². The van der Waals surface area contributed by atoms with E-state index in [-0.39, 0.29) is 25.6 Å². The van der Waals surface area contributed by atoms with Crippen molar-refractivity contribution >= 4 is 28.8 Å². The third-order valence-corrected chi connectivity index (χ3v) is 10.3. The van der Waals surface area contributed by atoms with Crippen LogP contribution in [0.3, 0.4) is 0 Å². The summed E-state index contributed by atoms with van der Waals surface area (Å²) in [5, 5.41) is 3.75. The van der Waals surface area contributed by atoms with E-state index in [1.54, 1.807) is 26.0 Å². The third-order valence-electron chi connectivity index (χ3n) is 10.3. The van der Waals surface area contributed by atoms with E-state index in [1.165, 1.54) is 4.90 Å². The number of urea groups is 1. The standard InChI is InChI=1S/C43H51N5O7/c1-5-54-41(50)43-25-14-28-48(43)42(51)47(29-31-19-21-33(52-3)22-20-31)27-13-7-10-17-34(18-11-12-26-44-40(43)49)55-39-35-23-24-36(53-4)30(2)37(35)45-38(46-39)32-15-8-6-9-16-32/h6,8-9,15-16,18-24H,5,7,10-14,17,25-29H2,1-4H3,(H,44,49). The fourth-order valence-electron chi connectivity index (χ4n) is 7.35. The van der Waals surface area contributed by atoms with Crippen molar-refractivity contribution in [2.45, 2.75) is 77.3 Å². The van der Waals surface area contributed by atoms with Crippen LogP contribution in [0.5, 0.6) is 17.4 Å². The van der Waals surface area contributed by atoms with E-state index in [0.717, 1.165) is 51.9 Å². The van der Waals surface area contributed by atoms with Crippen molar-refractivity contribution < 1.29 is 33.3 Å². The molecule has 6 rings (SSSR count). The van der Waals surface area contributed by atoms with Crippen LogP contribution in [0, 0.1) is 6.92 Å². The lowest BCUT2D eigenvalue weighted by molar-refractivity contribution is -0.160. The summed E-state index contributed by atoms with van der Waals surface area (Å²) in [7, 11) is 3.25. The molecular formula is C43H51N5O7. The quantitative estimate of drug-likeness (QED) is 0.138. The first-order valence-corrected chi connectivity index (χ1v) is 19.2. The summed E-state index contributed by atoms with van der Waals surface area (Å²) >= 11 is 0. The van der Waals surface area contributed by atoms with Gasteiger partial charge in [-0.2, -0.15) is 4.98 Å². The van der Waals surface area contributed by atoms with E-state index in [4.69, 9.17) is 28.9 Å². The maximum Gasteiger partial charge on any atom is 0.342 e. The van der Waals surface area contributed by atoms with Gasteiger partial charge in [-0.25, -0.2) is 14.6 Å². The third kappa shape index (κ3) is 8.69. The number of aromatic nitrogens is 2. The Morgan fingerprint density at radius 3 is 2.44 bits per heavy atom. The zero-order valence-electron chi connectivity index (χ0n) is 32.3. The second-order valence-corrected chi connectivity index (χ2v) is 13.9. The van der Waals surface area contributed by atoms with Gasteiger partial charge in [0.2, 0.25) is 11.4 Å². The normalized spacial score (nSPS) is 18.7. The summed E-state index contributed by atoms with van der Waals surface area (Å²) in [6.45, 7) is 5.10. The van der Waals surface area contributed by atoms with E-state index in [9.17, 15) is 14.4 Å². The molecule has 12 nitrogen and oxygen atoms in total. The van der Waals surface area contributed by atoms with Crippen molar-refractivity contribution in [1.82, 2.24) is 25.1 Å². The Kier molecular flexibility index (Phi) is 12.9. The number of rotatable bonds is 9. The molecule has 1 saturated heterocycles. The highest BCUT2D eigenvalue weighted by molar-refractivity contribution is 6.10. The Hall–Kier alpha value is -5.65. The Labute approximate surface area is 322 Å². The van der Waals surface area contributed by atoms with Crippen LogP contribution in [0.25, 0.3) is 22.3 Å². The smallest absolute Gasteiger partial charge is 0.342 e. The number of ether oxygens (including phenoxy) is 4. The van der Waals surface area contributed by atoms with Crippen LogP contribution < -0.4 is 19.5 Å². The van der Waals surface area contributed by atoms with Crippen molar-refractivity contribution in [1.29, 1.82) is 0 Å². The molecule has 290 valence electrons. The molecule has 2 aliphatic heterocycles. The number of fused-ring (bicyclic) bond motifs is 2. The maximum atomic E-state index is 14.5. The number of carbonyl (C=O) groups is 3. The van der Waals surface area contributed by atoms with Gasteiger partial charge in [-0.15, -0.1) is 0 Å². The summed E-state index contributed by atoms with van der Waals surface area (Å²) < 4.78 is 23.1. The summed E-state index contributed by atoms with van der Waals surface area (Å²) in [6, 6.07) is 20.8. The summed E-state index contributed by atoms with van der Waals surface area (Å²) in [5.41, 5.74) is 1.68. The van der Waals surface area contributed by atoms with Crippen LogP contribution in [0.15, 0.2) is 78.6 Å². The Morgan fingerprint density at radius 2 is 1.69 bits per heavy atom. The van der Waals surface area contributed by atoms with Crippen molar-refractivity contribution in [3.05, 3.63) is 89.7 Å². The second-order valence-electron chi connectivity index (χ2n) is 13.9. The Morgan fingerprint density at radius 1 is 0.891 bits per heavy atom. The maximum absolute atomic E-state index is 14.5.